The molecule has 6 nitrogen and oxygen atoms in total. The van der Waals surface area contributed by atoms with Crippen LogP contribution in [0.2, 0.25) is 0 Å². The number of aryl methyl sites for hydroxylation is 1. The third-order valence-electron chi connectivity index (χ3n) is 3.02. The minimum Gasteiger partial charge on any atom is -0.282 e. The summed E-state index contributed by atoms with van der Waals surface area (Å²) in [4.78, 5) is 0.671. The van der Waals surface area contributed by atoms with Crippen molar-refractivity contribution in [2.75, 3.05) is 0 Å². The van der Waals surface area contributed by atoms with Gasteiger partial charge in [-0.05, 0) is 37.3 Å². The van der Waals surface area contributed by atoms with Gasteiger partial charge < -0.3 is 0 Å². The quantitative estimate of drug-likeness (QED) is 0.618. The summed E-state index contributed by atoms with van der Waals surface area (Å²) in [7, 11) is 0. The minimum atomic E-state index is -0.287. The van der Waals surface area contributed by atoms with Gasteiger partial charge in [-0.1, -0.05) is 11.3 Å². The molecule has 0 aliphatic heterocycles. The first-order valence-corrected chi connectivity index (χ1v) is 7.03. The van der Waals surface area contributed by atoms with Gasteiger partial charge >= 0.3 is 0 Å². The Bertz CT molecular complexity index is 920. The van der Waals surface area contributed by atoms with Crippen LogP contribution in [0, 0.1) is 12.7 Å². The van der Waals surface area contributed by atoms with Crippen LogP contribution >= 0.6 is 11.3 Å². The van der Waals surface area contributed by atoms with Crippen molar-refractivity contribution in [3.8, 4) is 22.1 Å². The monoisotopic (exact) mass is 300 g/mol. The molecule has 104 valence electrons. The molecule has 0 spiro atoms. The van der Waals surface area contributed by atoms with Crippen LogP contribution in [-0.2, 0) is 0 Å². The fraction of sp³-hybridized carbons (Fsp3) is 0.0769. The van der Waals surface area contributed by atoms with Gasteiger partial charge in [0.15, 0.2) is 10.8 Å². The molecule has 0 aliphatic carbocycles. The van der Waals surface area contributed by atoms with Crippen molar-refractivity contribution in [3.05, 3.63) is 41.8 Å². The van der Waals surface area contributed by atoms with Crippen LogP contribution in [0.1, 0.15) is 5.69 Å². The van der Waals surface area contributed by atoms with Crippen LogP contribution in [0.4, 0.5) is 4.39 Å². The zero-order valence-electron chi connectivity index (χ0n) is 10.9. The Labute approximate surface area is 122 Å². The Kier molecular flexibility index (Phi) is 2.58. The van der Waals surface area contributed by atoms with E-state index in [2.05, 4.69) is 25.5 Å². The highest BCUT2D eigenvalue weighted by molar-refractivity contribution is 7.19. The standard InChI is InChI=1S/C13H9FN6S/c1-7-6-10(16-15-7)12-19-20-11(17-18-13(20)21-12)8-2-4-9(14)5-3-8/h2-6H,1H3,(H,15,16). The predicted octanol–water partition coefficient (Wildman–Crippen LogP) is 2.69. The van der Waals surface area contributed by atoms with Crippen molar-refractivity contribution in [2.45, 2.75) is 6.92 Å². The fourth-order valence-electron chi connectivity index (χ4n) is 2.03. The van der Waals surface area contributed by atoms with E-state index in [9.17, 15) is 4.39 Å². The normalized spacial score (nSPS) is 11.3. The summed E-state index contributed by atoms with van der Waals surface area (Å²) in [6.45, 7) is 1.93. The molecule has 3 aromatic heterocycles. The second kappa shape index (κ2) is 4.45. The largest absolute Gasteiger partial charge is 0.282 e. The van der Waals surface area contributed by atoms with E-state index in [1.807, 2.05) is 13.0 Å². The summed E-state index contributed by atoms with van der Waals surface area (Å²) in [5.41, 5.74) is 2.50. The molecule has 0 unspecified atom stereocenters. The summed E-state index contributed by atoms with van der Waals surface area (Å²) in [5, 5.41) is 20.5. The Hall–Kier alpha value is -2.61. The molecule has 0 atom stereocenters. The smallest absolute Gasteiger partial charge is 0.235 e. The second-order valence-electron chi connectivity index (χ2n) is 4.57. The molecule has 21 heavy (non-hydrogen) atoms. The van der Waals surface area contributed by atoms with Gasteiger partial charge in [-0.3, -0.25) is 5.10 Å². The number of fused-ring (bicyclic) bond motifs is 1. The summed E-state index contributed by atoms with van der Waals surface area (Å²) in [6, 6.07) is 8.01. The topological polar surface area (TPSA) is 71.8 Å². The lowest BCUT2D eigenvalue weighted by Gasteiger charge is -1.96. The van der Waals surface area contributed by atoms with Gasteiger partial charge in [0, 0.05) is 11.3 Å². The summed E-state index contributed by atoms with van der Waals surface area (Å²) < 4.78 is 14.7. The third-order valence-corrected chi connectivity index (χ3v) is 3.94. The molecule has 0 aliphatic rings. The molecule has 0 saturated heterocycles. The molecular weight excluding hydrogens is 291 g/mol. The lowest BCUT2D eigenvalue weighted by Crippen LogP contribution is -1.91. The molecule has 1 N–H and O–H groups in total. The summed E-state index contributed by atoms with van der Waals surface area (Å²) in [6.07, 6.45) is 0. The molecule has 0 radical (unpaired) electrons. The highest BCUT2D eigenvalue weighted by atomic mass is 32.1. The predicted molar refractivity (Wildman–Crippen MR) is 76.4 cm³/mol. The number of H-pyrrole nitrogens is 1. The summed E-state index contributed by atoms with van der Waals surface area (Å²) >= 11 is 1.40. The third kappa shape index (κ3) is 2.00. The molecular formula is C13H9FN6S. The number of aromatic nitrogens is 6. The van der Waals surface area contributed by atoms with Crippen molar-refractivity contribution in [1.82, 2.24) is 30.0 Å². The molecule has 4 aromatic rings. The number of hydrogen-bond acceptors (Lipinski definition) is 5. The SMILES string of the molecule is Cc1cc(-c2nn3c(-c4ccc(F)cc4)nnc3s2)n[nH]1. The van der Waals surface area contributed by atoms with Crippen molar-refractivity contribution in [3.63, 3.8) is 0 Å². The maximum absolute atomic E-state index is 13.0. The minimum absolute atomic E-state index is 0.287. The Balaban J connectivity index is 1.84. The van der Waals surface area contributed by atoms with Crippen LogP contribution in [0.15, 0.2) is 30.3 Å². The van der Waals surface area contributed by atoms with Crippen LogP contribution in [0.5, 0.6) is 0 Å². The fourth-order valence-corrected chi connectivity index (χ4v) is 2.83. The maximum Gasteiger partial charge on any atom is 0.235 e. The number of benzene rings is 1. The zero-order valence-corrected chi connectivity index (χ0v) is 11.7. The summed E-state index contributed by atoms with van der Waals surface area (Å²) in [5.74, 6) is 0.297. The molecule has 8 heteroatoms. The number of rotatable bonds is 2. The Morgan fingerprint density at radius 1 is 1.19 bits per heavy atom. The number of aromatic amines is 1. The van der Waals surface area contributed by atoms with E-state index < -0.39 is 0 Å². The van der Waals surface area contributed by atoms with E-state index in [-0.39, 0.29) is 5.82 Å². The van der Waals surface area contributed by atoms with Crippen LogP contribution in [0.3, 0.4) is 0 Å². The number of hydrogen-bond donors (Lipinski definition) is 1. The van der Waals surface area contributed by atoms with Gasteiger partial charge in [-0.2, -0.15) is 14.7 Å². The average molecular weight is 300 g/mol. The average Bonchev–Trinajstić information content (AvgIpc) is 3.14. The lowest BCUT2D eigenvalue weighted by molar-refractivity contribution is 0.628. The molecule has 0 fully saturated rings. The molecule has 4 rings (SSSR count). The van der Waals surface area contributed by atoms with Gasteiger partial charge in [0.25, 0.3) is 0 Å². The van der Waals surface area contributed by atoms with Crippen molar-refractivity contribution >= 4 is 16.3 Å². The van der Waals surface area contributed by atoms with Crippen LogP contribution in [-0.4, -0.2) is 30.0 Å². The van der Waals surface area contributed by atoms with Crippen molar-refractivity contribution < 1.29 is 4.39 Å². The van der Waals surface area contributed by atoms with Gasteiger partial charge in [-0.15, -0.1) is 10.2 Å². The molecule has 1 aromatic carbocycles. The highest BCUT2D eigenvalue weighted by Crippen LogP contribution is 2.27. The van der Waals surface area contributed by atoms with Crippen LogP contribution in [0.25, 0.3) is 27.1 Å². The Morgan fingerprint density at radius 2 is 2.00 bits per heavy atom. The molecule has 0 bridgehead atoms. The molecule has 0 saturated carbocycles. The lowest BCUT2D eigenvalue weighted by atomic mass is 10.2. The number of halogens is 1. The van der Waals surface area contributed by atoms with Crippen LogP contribution < -0.4 is 0 Å². The van der Waals surface area contributed by atoms with E-state index in [1.54, 1.807) is 16.6 Å². The van der Waals surface area contributed by atoms with Gasteiger partial charge in [0.2, 0.25) is 4.96 Å². The van der Waals surface area contributed by atoms with E-state index in [0.29, 0.717) is 10.8 Å². The van der Waals surface area contributed by atoms with Crippen molar-refractivity contribution in [1.29, 1.82) is 0 Å². The van der Waals surface area contributed by atoms with Gasteiger partial charge in [-0.25, -0.2) is 4.39 Å². The molecule has 0 amide bonds. The first kappa shape index (κ1) is 12.2. The van der Waals surface area contributed by atoms with E-state index in [0.717, 1.165) is 22.0 Å². The number of nitrogens with zero attached hydrogens (tertiary/aromatic N) is 5. The van der Waals surface area contributed by atoms with E-state index >= 15 is 0 Å². The first-order valence-electron chi connectivity index (χ1n) is 6.21. The zero-order chi connectivity index (χ0) is 14.4. The first-order chi connectivity index (χ1) is 10.2. The maximum atomic E-state index is 13.0. The van der Waals surface area contributed by atoms with Crippen molar-refractivity contribution in [2.24, 2.45) is 0 Å². The van der Waals surface area contributed by atoms with E-state index in [4.69, 9.17) is 0 Å². The second-order valence-corrected chi connectivity index (χ2v) is 5.52. The Morgan fingerprint density at radius 3 is 2.71 bits per heavy atom. The highest BCUT2D eigenvalue weighted by Gasteiger charge is 2.15. The van der Waals surface area contributed by atoms with Gasteiger partial charge in [0.05, 0.1) is 0 Å². The van der Waals surface area contributed by atoms with E-state index in [1.165, 1.54) is 23.5 Å². The molecule has 3 heterocycles. The van der Waals surface area contributed by atoms with Gasteiger partial charge in [0.1, 0.15) is 11.5 Å². The number of nitrogens with one attached hydrogen (secondary N) is 1.